The topological polar surface area (TPSA) is 57.9 Å². The van der Waals surface area contributed by atoms with Crippen LogP contribution in [-0.4, -0.2) is 12.8 Å². The van der Waals surface area contributed by atoms with Crippen LogP contribution in [0.1, 0.15) is 16.1 Å². The van der Waals surface area contributed by atoms with Crippen molar-refractivity contribution in [1.82, 2.24) is 0 Å². The number of carbonyl (C=O) groups excluding carboxylic acids is 1. The van der Waals surface area contributed by atoms with E-state index in [1.165, 1.54) is 12.3 Å². The normalized spacial score (nSPS) is 12.5. The lowest BCUT2D eigenvalue weighted by Crippen LogP contribution is -2.03. The molecular formula is C13H9ClO5. The lowest BCUT2D eigenvalue weighted by atomic mass is 10.2. The molecule has 0 fully saturated rings. The Hall–Kier alpha value is -2.14. The fourth-order valence-corrected chi connectivity index (χ4v) is 2.01. The third-order valence-corrected chi connectivity index (χ3v) is 2.86. The van der Waals surface area contributed by atoms with Crippen LogP contribution < -0.4 is 9.47 Å². The van der Waals surface area contributed by atoms with Crippen molar-refractivity contribution in [3.63, 3.8) is 0 Å². The fraction of sp³-hybridized carbons (Fsp3) is 0.154. The van der Waals surface area contributed by atoms with Gasteiger partial charge in [-0.15, -0.1) is 0 Å². The Kier molecular flexibility index (Phi) is 3.05. The Labute approximate surface area is 113 Å². The second kappa shape index (κ2) is 4.85. The Morgan fingerprint density at radius 3 is 3.05 bits per heavy atom. The summed E-state index contributed by atoms with van der Waals surface area (Å²) in [5.41, 5.74) is 0.717. The zero-order valence-corrected chi connectivity index (χ0v) is 10.5. The Balaban J connectivity index is 1.71. The number of hydrogen-bond acceptors (Lipinski definition) is 5. The summed E-state index contributed by atoms with van der Waals surface area (Å²) in [6.07, 6.45) is 1.41. The van der Waals surface area contributed by atoms with Crippen LogP contribution >= 0.6 is 11.6 Å². The first-order chi connectivity index (χ1) is 9.24. The summed E-state index contributed by atoms with van der Waals surface area (Å²) >= 11 is 6.03. The minimum atomic E-state index is -0.529. The maximum atomic E-state index is 11.6. The number of fused-ring (bicyclic) bond motifs is 1. The van der Waals surface area contributed by atoms with Crippen molar-refractivity contribution in [2.24, 2.45) is 0 Å². The average Bonchev–Trinajstić information content (AvgIpc) is 3.06. The summed E-state index contributed by atoms with van der Waals surface area (Å²) < 4.78 is 20.5. The van der Waals surface area contributed by atoms with Gasteiger partial charge < -0.3 is 18.6 Å². The van der Waals surface area contributed by atoms with Crippen molar-refractivity contribution in [2.75, 3.05) is 6.79 Å². The minimum absolute atomic E-state index is 0.0793. The molecule has 2 aromatic rings. The summed E-state index contributed by atoms with van der Waals surface area (Å²) in [6.45, 7) is 0.223. The Morgan fingerprint density at radius 1 is 1.37 bits per heavy atom. The van der Waals surface area contributed by atoms with Crippen LogP contribution in [0.3, 0.4) is 0 Å². The van der Waals surface area contributed by atoms with E-state index in [0.717, 1.165) is 0 Å². The number of carbonyl (C=O) groups is 1. The monoisotopic (exact) mass is 280 g/mol. The molecule has 6 heteroatoms. The van der Waals surface area contributed by atoms with E-state index in [9.17, 15) is 4.79 Å². The van der Waals surface area contributed by atoms with Gasteiger partial charge in [-0.1, -0.05) is 11.6 Å². The Morgan fingerprint density at radius 2 is 2.26 bits per heavy atom. The maximum absolute atomic E-state index is 11.6. The van der Waals surface area contributed by atoms with Crippen molar-refractivity contribution >= 4 is 17.6 Å². The highest BCUT2D eigenvalue weighted by atomic mass is 35.5. The molecule has 2 heterocycles. The highest BCUT2D eigenvalue weighted by molar-refractivity contribution is 6.32. The largest absolute Gasteiger partial charge is 0.457 e. The first kappa shape index (κ1) is 11.9. The van der Waals surface area contributed by atoms with E-state index in [2.05, 4.69) is 0 Å². The number of hydrogen-bond donors (Lipinski definition) is 0. The van der Waals surface area contributed by atoms with Gasteiger partial charge in [0.1, 0.15) is 6.61 Å². The molecule has 0 unspecified atom stereocenters. The average molecular weight is 281 g/mol. The molecule has 5 nitrogen and oxygen atoms in total. The molecule has 0 amide bonds. The van der Waals surface area contributed by atoms with Crippen LogP contribution in [0.15, 0.2) is 34.9 Å². The lowest BCUT2D eigenvalue weighted by molar-refractivity contribution is 0.0436. The van der Waals surface area contributed by atoms with Gasteiger partial charge in [-0.05, 0) is 29.8 Å². The van der Waals surface area contributed by atoms with Crippen LogP contribution in [-0.2, 0) is 11.3 Å². The van der Waals surface area contributed by atoms with Gasteiger partial charge in [0.25, 0.3) is 0 Å². The maximum Gasteiger partial charge on any atom is 0.374 e. The molecule has 0 saturated heterocycles. The molecule has 0 bridgehead atoms. The van der Waals surface area contributed by atoms with Crippen molar-refractivity contribution in [1.29, 1.82) is 0 Å². The van der Waals surface area contributed by atoms with E-state index in [1.54, 1.807) is 18.2 Å². The minimum Gasteiger partial charge on any atom is -0.457 e. The lowest BCUT2D eigenvalue weighted by Gasteiger charge is -2.05. The zero-order chi connectivity index (χ0) is 13.2. The van der Waals surface area contributed by atoms with Crippen molar-refractivity contribution in [3.05, 3.63) is 46.9 Å². The quantitative estimate of drug-likeness (QED) is 0.809. The highest BCUT2D eigenvalue weighted by Gasteiger charge is 2.19. The van der Waals surface area contributed by atoms with Crippen LogP contribution in [0.25, 0.3) is 0 Å². The summed E-state index contributed by atoms with van der Waals surface area (Å²) in [5, 5.41) is 0.430. The molecule has 98 valence electrons. The first-order valence-corrected chi connectivity index (χ1v) is 5.90. The molecule has 0 saturated carbocycles. The molecule has 0 spiro atoms. The predicted octanol–water partition coefficient (Wildman–Crippen LogP) is 3.02. The van der Waals surface area contributed by atoms with Gasteiger partial charge >= 0.3 is 5.97 Å². The van der Waals surface area contributed by atoms with Crippen molar-refractivity contribution in [3.8, 4) is 11.5 Å². The van der Waals surface area contributed by atoms with Crippen LogP contribution in [0, 0.1) is 0 Å². The SMILES string of the molecule is O=C(OCc1cc(Cl)c2c(c1)OCO2)c1ccco1. The number of halogens is 1. The van der Waals surface area contributed by atoms with Crippen LogP contribution in [0.2, 0.25) is 5.02 Å². The molecule has 1 aromatic heterocycles. The number of benzene rings is 1. The van der Waals surface area contributed by atoms with Crippen molar-refractivity contribution < 1.29 is 23.4 Å². The summed E-state index contributed by atoms with van der Waals surface area (Å²) in [7, 11) is 0. The molecule has 0 radical (unpaired) electrons. The molecule has 0 aliphatic carbocycles. The number of furan rings is 1. The van der Waals surface area contributed by atoms with Gasteiger partial charge in [0.15, 0.2) is 11.5 Å². The van der Waals surface area contributed by atoms with Gasteiger partial charge in [0.2, 0.25) is 12.6 Å². The van der Waals surface area contributed by atoms with Gasteiger partial charge in [-0.3, -0.25) is 0 Å². The van der Waals surface area contributed by atoms with E-state index in [1.807, 2.05) is 0 Å². The first-order valence-electron chi connectivity index (χ1n) is 5.52. The summed E-state index contributed by atoms with van der Waals surface area (Å²) in [6, 6.07) is 6.55. The molecular weight excluding hydrogens is 272 g/mol. The van der Waals surface area contributed by atoms with Gasteiger partial charge in [0.05, 0.1) is 11.3 Å². The van der Waals surface area contributed by atoms with E-state index in [4.69, 9.17) is 30.2 Å². The number of esters is 1. The molecule has 0 atom stereocenters. The molecule has 0 N–H and O–H groups in total. The van der Waals surface area contributed by atoms with E-state index < -0.39 is 5.97 Å². The number of rotatable bonds is 3. The highest BCUT2D eigenvalue weighted by Crippen LogP contribution is 2.39. The molecule has 1 aliphatic rings. The third-order valence-electron chi connectivity index (χ3n) is 2.58. The second-order valence-electron chi connectivity index (χ2n) is 3.86. The van der Waals surface area contributed by atoms with E-state index in [0.29, 0.717) is 22.1 Å². The van der Waals surface area contributed by atoms with Gasteiger partial charge in [-0.2, -0.15) is 0 Å². The predicted molar refractivity (Wildman–Crippen MR) is 65.4 cm³/mol. The van der Waals surface area contributed by atoms with Crippen LogP contribution in [0.4, 0.5) is 0 Å². The standard InChI is InChI=1S/C13H9ClO5/c14-9-4-8(5-11-12(9)19-7-18-11)6-17-13(15)10-2-1-3-16-10/h1-5H,6-7H2. The van der Waals surface area contributed by atoms with Gasteiger partial charge in [-0.25, -0.2) is 4.79 Å². The summed E-state index contributed by atoms with van der Waals surface area (Å²) in [4.78, 5) is 11.6. The third kappa shape index (κ3) is 2.37. The van der Waals surface area contributed by atoms with E-state index in [-0.39, 0.29) is 19.2 Å². The van der Waals surface area contributed by atoms with Crippen LogP contribution in [0.5, 0.6) is 11.5 Å². The molecule has 1 aromatic carbocycles. The number of ether oxygens (including phenoxy) is 3. The Bertz CT molecular complexity index is 606. The van der Waals surface area contributed by atoms with Crippen molar-refractivity contribution in [2.45, 2.75) is 6.61 Å². The summed E-state index contributed by atoms with van der Waals surface area (Å²) in [5.74, 6) is 0.699. The smallest absolute Gasteiger partial charge is 0.374 e. The van der Waals surface area contributed by atoms with Gasteiger partial charge in [0, 0.05) is 0 Å². The van der Waals surface area contributed by atoms with E-state index >= 15 is 0 Å². The zero-order valence-electron chi connectivity index (χ0n) is 9.72. The fourth-order valence-electron chi connectivity index (χ4n) is 1.72. The second-order valence-corrected chi connectivity index (χ2v) is 4.27. The molecule has 3 rings (SSSR count). The molecule has 1 aliphatic heterocycles. The molecule has 19 heavy (non-hydrogen) atoms.